The van der Waals surface area contributed by atoms with Crippen molar-refractivity contribution in [3.8, 4) is 0 Å². The highest BCUT2D eigenvalue weighted by molar-refractivity contribution is 7.91. The second-order valence-electron chi connectivity index (χ2n) is 4.99. The van der Waals surface area contributed by atoms with E-state index in [-0.39, 0.29) is 11.7 Å². The summed E-state index contributed by atoms with van der Waals surface area (Å²) in [6.45, 7) is 1.86. The fourth-order valence-electron chi connectivity index (χ4n) is 2.36. The molecule has 2 heterocycles. The van der Waals surface area contributed by atoms with E-state index in [1.807, 2.05) is 12.3 Å². The van der Waals surface area contributed by atoms with Crippen LogP contribution in [0.25, 0.3) is 0 Å². The molecule has 2 aromatic rings. The third-order valence-corrected chi connectivity index (χ3v) is 6.13. The lowest BCUT2D eigenvalue weighted by atomic mass is 10.1. The molecule has 1 aliphatic heterocycles. The third-order valence-electron chi connectivity index (χ3n) is 3.36. The van der Waals surface area contributed by atoms with E-state index in [0.29, 0.717) is 28.4 Å². The molecule has 5 nitrogen and oxygen atoms in total. The SMILES string of the molecule is Cc1csc(NC(=O)c2ccc3c(c2)CCCS3(=O)=O)n1. The van der Waals surface area contributed by atoms with Gasteiger partial charge in [-0.1, -0.05) is 0 Å². The van der Waals surface area contributed by atoms with Crippen molar-refractivity contribution in [1.82, 2.24) is 4.98 Å². The molecule has 1 N–H and O–H groups in total. The van der Waals surface area contributed by atoms with Gasteiger partial charge in [0.15, 0.2) is 15.0 Å². The predicted molar refractivity (Wildman–Crippen MR) is 81.6 cm³/mol. The normalized spacial score (nSPS) is 16.2. The van der Waals surface area contributed by atoms with Crippen LogP contribution < -0.4 is 5.32 Å². The van der Waals surface area contributed by atoms with Crippen molar-refractivity contribution in [2.24, 2.45) is 0 Å². The summed E-state index contributed by atoms with van der Waals surface area (Å²) in [4.78, 5) is 16.7. The Balaban J connectivity index is 1.88. The van der Waals surface area contributed by atoms with Gasteiger partial charge in [-0.05, 0) is 43.5 Å². The molecule has 0 saturated carbocycles. The monoisotopic (exact) mass is 322 g/mol. The maximum Gasteiger partial charge on any atom is 0.257 e. The Kier molecular flexibility index (Phi) is 3.54. The summed E-state index contributed by atoms with van der Waals surface area (Å²) in [5.41, 5.74) is 2.04. The number of rotatable bonds is 2. The summed E-state index contributed by atoms with van der Waals surface area (Å²) in [5, 5.41) is 5.13. The molecule has 0 saturated heterocycles. The molecule has 0 spiro atoms. The van der Waals surface area contributed by atoms with Gasteiger partial charge in [-0.2, -0.15) is 0 Å². The van der Waals surface area contributed by atoms with E-state index in [4.69, 9.17) is 0 Å². The standard InChI is InChI=1S/C14H14N2O3S2/c1-9-8-20-14(15-9)16-13(17)11-4-5-12-10(7-11)3-2-6-21(12,18)19/h4-5,7-8H,2-3,6H2,1H3,(H,15,16,17). The number of nitrogens with zero attached hydrogens (tertiary/aromatic N) is 1. The Morgan fingerprint density at radius 3 is 2.90 bits per heavy atom. The first-order chi connectivity index (χ1) is 9.95. The minimum atomic E-state index is -3.18. The molecule has 3 rings (SSSR count). The van der Waals surface area contributed by atoms with Crippen LogP contribution in [0.1, 0.15) is 28.0 Å². The minimum Gasteiger partial charge on any atom is -0.298 e. The van der Waals surface area contributed by atoms with Gasteiger partial charge in [0, 0.05) is 10.9 Å². The van der Waals surface area contributed by atoms with Crippen molar-refractivity contribution in [3.63, 3.8) is 0 Å². The van der Waals surface area contributed by atoms with Gasteiger partial charge in [0.05, 0.1) is 16.3 Å². The van der Waals surface area contributed by atoms with Crippen molar-refractivity contribution in [1.29, 1.82) is 0 Å². The molecule has 0 radical (unpaired) electrons. The van der Waals surface area contributed by atoms with Crippen LogP contribution in [-0.4, -0.2) is 25.1 Å². The van der Waals surface area contributed by atoms with Crippen molar-refractivity contribution >= 4 is 32.2 Å². The molecule has 1 aromatic carbocycles. The molecule has 0 aliphatic carbocycles. The molecular weight excluding hydrogens is 308 g/mol. The smallest absolute Gasteiger partial charge is 0.257 e. The van der Waals surface area contributed by atoms with E-state index in [1.54, 1.807) is 12.1 Å². The van der Waals surface area contributed by atoms with Crippen LogP contribution in [0.2, 0.25) is 0 Å². The lowest BCUT2D eigenvalue weighted by Crippen LogP contribution is -2.18. The molecule has 0 unspecified atom stereocenters. The average Bonchev–Trinajstić information content (AvgIpc) is 2.83. The van der Waals surface area contributed by atoms with Crippen molar-refractivity contribution in [3.05, 3.63) is 40.4 Å². The molecule has 0 bridgehead atoms. The lowest BCUT2D eigenvalue weighted by Gasteiger charge is -2.16. The Hall–Kier alpha value is -1.73. The fourth-order valence-corrected chi connectivity index (χ4v) is 4.63. The number of aromatic nitrogens is 1. The summed E-state index contributed by atoms with van der Waals surface area (Å²) in [6.07, 6.45) is 1.29. The second-order valence-corrected chi connectivity index (χ2v) is 7.93. The number of hydrogen-bond acceptors (Lipinski definition) is 5. The van der Waals surface area contributed by atoms with Crippen LogP contribution in [0.15, 0.2) is 28.5 Å². The molecule has 1 aliphatic rings. The van der Waals surface area contributed by atoms with Gasteiger partial charge in [-0.25, -0.2) is 13.4 Å². The van der Waals surface area contributed by atoms with E-state index in [1.165, 1.54) is 17.4 Å². The number of hydrogen-bond donors (Lipinski definition) is 1. The Morgan fingerprint density at radius 2 is 2.19 bits per heavy atom. The van der Waals surface area contributed by atoms with E-state index in [2.05, 4.69) is 10.3 Å². The number of amides is 1. The highest BCUT2D eigenvalue weighted by Crippen LogP contribution is 2.26. The summed E-state index contributed by atoms with van der Waals surface area (Å²) in [7, 11) is -3.18. The molecule has 0 atom stereocenters. The lowest BCUT2D eigenvalue weighted by molar-refractivity contribution is 0.102. The highest BCUT2D eigenvalue weighted by atomic mass is 32.2. The van der Waals surface area contributed by atoms with Crippen molar-refractivity contribution < 1.29 is 13.2 Å². The van der Waals surface area contributed by atoms with E-state index in [0.717, 1.165) is 11.3 Å². The number of carbonyl (C=O) groups excluding carboxylic acids is 1. The van der Waals surface area contributed by atoms with Gasteiger partial charge in [0.1, 0.15) is 0 Å². The topological polar surface area (TPSA) is 76.1 Å². The maximum absolute atomic E-state index is 12.2. The van der Waals surface area contributed by atoms with E-state index in [9.17, 15) is 13.2 Å². The Morgan fingerprint density at radius 1 is 1.38 bits per heavy atom. The van der Waals surface area contributed by atoms with Gasteiger partial charge in [-0.3, -0.25) is 10.1 Å². The summed E-state index contributed by atoms with van der Waals surface area (Å²) in [5.74, 6) is -0.0839. The van der Waals surface area contributed by atoms with Gasteiger partial charge < -0.3 is 0 Å². The van der Waals surface area contributed by atoms with E-state index >= 15 is 0 Å². The average molecular weight is 322 g/mol. The van der Waals surface area contributed by atoms with Crippen LogP contribution in [-0.2, 0) is 16.3 Å². The van der Waals surface area contributed by atoms with E-state index < -0.39 is 9.84 Å². The first-order valence-corrected chi connectivity index (χ1v) is 9.08. The van der Waals surface area contributed by atoms with Crippen LogP contribution in [0.3, 0.4) is 0 Å². The Bertz CT molecular complexity index is 809. The largest absolute Gasteiger partial charge is 0.298 e. The van der Waals surface area contributed by atoms with Crippen molar-refractivity contribution in [2.45, 2.75) is 24.7 Å². The number of sulfone groups is 1. The minimum absolute atomic E-state index is 0.184. The third kappa shape index (κ3) is 2.84. The zero-order valence-corrected chi connectivity index (χ0v) is 13.1. The van der Waals surface area contributed by atoms with Crippen LogP contribution >= 0.6 is 11.3 Å². The van der Waals surface area contributed by atoms with Crippen LogP contribution in [0, 0.1) is 6.92 Å². The number of fused-ring (bicyclic) bond motifs is 1. The number of carbonyl (C=O) groups is 1. The Labute approximate surface area is 127 Å². The number of aryl methyl sites for hydroxylation is 2. The molecule has 1 amide bonds. The zero-order valence-electron chi connectivity index (χ0n) is 11.4. The number of benzene rings is 1. The van der Waals surface area contributed by atoms with Crippen molar-refractivity contribution in [2.75, 3.05) is 11.1 Å². The second kappa shape index (κ2) is 5.23. The van der Waals surface area contributed by atoms with Crippen LogP contribution in [0.4, 0.5) is 5.13 Å². The first-order valence-electron chi connectivity index (χ1n) is 6.55. The summed E-state index contributed by atoms with van der Waals surface area (Å²) in [6, 6.07) is 4.76. The fraction of sp³-hybridized carbons (Fsp3) is 0.286. The molecule has 7 heteroatoms. The predicted octanol–water partition coefficient (Wildman–Crippen LogP) is 2.42. The van der Waals surface area contributed by atoms with Gasteiger partial charge in [0.25, 0.3) is 5.91 Å². The highest BCUT2D eigenvalue weighted by Gasteiger charge is 2.24. The molecule has 21 heavy (non-hydrogen) atoms. The number of thiazole rings is 1. The van der Waals surface area contributed by atoms with Crippen LogP contribution in [0.5, 0.6) is 0 Å². The number of anilines is 1. The maximum atomic E-state index is 12.2. The molecule has 1 aromatic heterocycles. The molecule has 0 fully saturated rings. The molecular formula is C14H14N2O3S2. The molecule has 110 valence electrons. The summed E-state index contributed by atoms with van der Waals surface area (Å²) < 4.78 is 23.9. The first kappa shape index (κ1) is 14.2. The zero-order chi connectivity index (χ0) is 15.0. The summed E-state index contributed by atoms with van der Waals surface area (Å²) >= 11 is 1.36. The van der Waals surface area contributed by atoms with Gasteiger partial charge in [0.2, 0.25) is 0 Å². The van der Waals surface area contributed by atoms with Gasteiger partial charge >= 0.3 is 0 Å². The van der Waals surface area contributed by atoms with Gasteiger partial charge in [-0.15, -0.1) is 11.3 Å². The quantitative estimate of drug-likeness (QED) is 0.921. The number of nitrogens with one attached hydrogen (secondary N) is 1.